The van der Waals surface area contributed by atoms with Gasteiger partial charge in [-0.05, 0) is 29.7 Å². The Labute approximate surface area is 191 Å². The number of piperazine rings is 1. The summed E-state index contributed by atoms with van der Waals surface area (Å²) in [5.74, 6) is 0.942. The van der Waals surface area contributed by atoms with Gasteiger partial charge in [-0.15, -0.1) is 0 Å². The lowest BCUT2D eigenvalue weighted by atomic mass is 10.1. The number of carbonyl (C=O) groups is 1. The van der Waals surface area contributed by atoms with Crippen molar-refractivity contribution < 1.29 is 22.7 Å². The fourth-order valence-corrected chi connectivity index (χ4v) is 6.11. The second-order valence-corrected chi connectivity index (χ2v) is 10.0. The highest BCUT2D eigenvalue weighted by molar-refractivity contribution is 7.89. The monoisotopic (exact) mass is 472 g/mol. The minimum absolute atomic E-state index is 0.128. The Hall–Kier alpha value is -2.81. The number of rotatable bonds is 3. The molecule has 7 nitrogen and oxygen atoms in total. The standard InChI is InChI=1S/C23H21ClN2O5S/c24-17-7-3-5-16-6-4-10-21(22(16)17)32(28,29)26-13-11-25(12-14-26)23(27)20-15-30-18-8-1-2-9-19(18)31-20/h1-10,20H,11-15H2. The molecule has 1 fully saturated rings. The number of benzene rings is 3. The molecule has 0 radical (unpaired) electrons. The van der Waals surface area contributed by atoms with Crippen molar-refractivity contribution in [2.24, 2.45) is 0 Å². The summed E-state index contributed by atoms with van der Waals surface area (Å²) in [4.78, 5) is 14.8. The number of halogens is 1. The Kier molecular flexibility index (Phi) is 5.44. The molecule has 5 rings (SSSR count). The molecule has 0 N–H and O–H groups in total. The molecule has 0 aliphatic carbocycles. The molecular weight excluding hydrogens is 452 g/mol. The van der Waals surface area contributed by atoms with Gasteiger partial charge < -0.3 is 14.4 Å². The molecule has 1 atom stereocenters. The summed E-state index contributed by atoms with van der Waals surface area (Å²) in [6, 6.07) is 17.6. The van der Waals surface area contributed by atoms with Crippen molar-refractivity contribution in [1.29, 1.82) is 0 Å². The van der Waals surface area contributed by atoms with Crippen LogP contribution in [0.25, 0.3) is 10.8 Å². The lowest BCUT2D eigenvalue weighted by Gasteiger charge is -2.36. The molecule has 2 aliphatic rings. The third-order valence-electron chi connectivity index (χ3n) is 5.77. The minimum Gasteiger partial charge on any atom is -0.485 e. The van der Waals surface area contributed by atoms with Crippen LogP contribution in [0.2, 0.25) is 5.02 Å². The number of sulfonamides is 1. The van der Waals surface area contributed by atoms with Crippen LogP contribution in [0.4, 0.5) is 0 Å². The summed E-state index contributed by atoms with van der Waals surface area (Å²) >= 11 is 6.33. The highest BCUT2D eigenvalue weighted by Crippen LogP contribution is 2.33. The fraction of sp³-hybridized carbons (Fsp3) is 0.261. The number of nitrogens with zero attached hydrogens (tertiary/aromatic N) is 2. The molecule has 1 unspecified atom stereocenters. The highest BCUT2D eigenvalue weighted by Gasteiger charge is 2.36. The van der Waals surface area contributed by atoms with Gasteiger partial charge in [0.25, 0.3) is 5.91 Å². The first-order valence-electron chi connectivity index (χ1n) is 10.3. The summed E-state index contributed by atoms with van der Waals surface area (Å²) < 4.78 is 39.6. The Morgan fingerprint density at radius 1 is 0.906 bits per heavy atom. The maximum Gasteiger partial charge on any atom is 0.267 e. The zero-order valence-corrected chi connectivity index (χ0v) is 18.7. The molecule has 3 aromatic rings. The van der Waals surface area contributed by atoms with Crippen molar-refractivity contribution in [1.82, 2.24) is 9.21 Å². The molecule has 0 bridgehead atoms. The summed E-state index contributed by atoms with van der Waals surface area (Å²) in [6.45, 7) is 1.07. The number of hydrogen-bond acceptors (Lipinski definition) is 5. The molecule has 9 heteroatoms. The molecule has 0 spiro atoms. The van der Waals surface area contributed by atoms with Crippen molar-refractivity contribution >= 4 is 38.3 Å². The molecule has 32 heavy (non-hydrogen) atoms. The van der Waals surface area contributed by atoms with Gasteiger partial charge in [-0.25, -0.2) is 8.42 Å². The zero-order chi connectivity index (χ0) is 22.3. The molecule has 1 saturated heterocycles. The second kappa shape index (κ2) is 8.27. The first-order chi connectivity index (χ1) is 15.4. The largest absolute Gasteiger partial charge is 0.485 e. The summed E-state index contributed by atoms with van der Waals surface area (Å²) in [5.41, 5.74) is 0. The SMILES string of the molecule is O=C(C1COc2ccccc2O1)N1CCN(S(=O)(=O)c2cccc3cccc(Cl)c23)CC1. The van der Waals surface area contributed by atoms with E-state index in [2.05, 4.69) is 0 Å². The first-order valence-corrected chi connectivity index (χ1v) is 12.1. The third-order valence-corrected chi connectivity index (χ3v) is 8.02. The molecular formula is C23H21ClN2O5S. The van der Waals surface area contributed by atoms with E-state index >= 15 is 0 Å². The van der Waals surface area contributed by atoms with Crippen LogP contribution in [0.1, 0.15) is 0 Å². The van der Waals surface area contributed by atoms with Crippen molar-refractivity contribution in [3.05, 3.63) is 65.7 Å². The molecule has 166 valence electrons. The number of hydrogen-bond donors (Lipinski definition) is 0. The minimum atomic E-state index is -3.77. The topological polar surface area (TPSA) is 76.2 Å². The number of fused-ring (bicyclic) bond motifs is 2. The smallest absolute Gasteiger partial charge is 0.267 e. The normalized spacial score (nSPS) is 19.2. The number of para-hydroxylation sites is 2. The fourth-order valence-electron chi connectivity index (χ4n) is 4.11. The molecule has 2 heterocycles. The Morgan fingerprint density at radius 3 is 2.34 bits per heavy atom. The van der Waals surface area contributed by atoms with Gasteiger partial charge in [0.2, 0.25) is 16.1 Å². The average molecular weight is 473 g/mol. The highest BCUT2D eigenvalue weighted by atomic mass is 35.5. The summed E-state index contributed by atoms with van der Waals surface area (Å²) in [6.07, 6.45) is -0.745. The molecule has 0 aromatic heterocycles. The molecule has 3 aromatic carbocycles. The van der Waals surface area contributed by atoms with E-state index in [1.807, 2.05) is 24.3 Å². The summed E-state index contributed by atoms with van der Waals surface area (Å²) in [5, 5.41) is 1.67. The van der Waals surface area contributed by atoms with Gasteiger partial charge in [0.15, 0.2) is 11.5 Å². The second-order valence-electron chi connectivity index (χ2n) is 7.69. The van der Waals surface area contributed by atoms with E-state index in [-0.39, 0.29) is 43.6 Å². The molecule has 0 saturated carbocycles. The van der Waals surface area contributed by atoms with E-state index in [0.717, 1.165) is 5.39 Å². The third kappa shape index (κ3) is 3.68. The maximum atomic E-state index is 13.4. The van der Waals surface area contributed by atoms with Crippen molar-refractivity contribution in [2.45, 2.75) is 11.0 Å². The van der Waals surface area contributed by atoms with Gasteiger partial charge >= 0.3 is 0 Å². The number of carbonyl (C=O) groups excluding carboxylic acids is 1. The predicted molar refractivity (Wildman–Crippen MR) is 121 cm³/mol. The van der Waals surface area contributed by atoms with E-state index in [4.69, 9.17) is 21.1 Å². The van der Waals surface area contributed by atoms with Gasteiger partial charge in [-0.2, -0.15) is 4.31 Å². The Morgan fingerprint density at radius 2 is 1.59 bits per heavy atom. The van der Waals surface area contributed by atoms with Crippen molar-refractivity contribution in [2.75, 3.05) is 32.8 Å². The van der Waals surface area contributed by atoms with Gasteiger partial charge in [0, 0.05) is 36.6 Å². The van der Waals surface area contributed by atoms with Crippen LogP contribution in [0, 0.1) is 0 Å². The maximum absolute atomic E-state index is 13.4. The predicted octanol–water partition coefficient (Wildman–Crippen LogP) is 3.17. The van der Waals surface area contributed by atoms with Crippen LogP contribution in [0.15, 0.2) is 65.6 Å². The van der Waals surface area contributed by atoms with Crippen LogP contribution in [-0.4, -0.2) is 62.4 Å². The average Bonchev–Trinajstić information content (AvgIpc) is 2.83. The van der Waals surface area contributed by atoms with Gasteiger partial charge in [0.05, 0.1) is 4.90 Å². The van der Waals surface area contributed by atoms with Crippen molar-refractivity contribution in [3.63, 3.8) is 0 Å². The lowest BCUT2D eigenvalue weighted by Crippen LogP contribution is -2.55. The van der Waals surface area contributed by atoms with Crippen molar-refractivity contribution in [3.8, 4) is 11.5 Å². The van der Waals surface area contributed by atoms with E-state index in [1.165, 1.54) is 4.31 Å². The van der Waals surface area contributed by atoms with E-state index in [0.29, 0.717) is 21.9 Å². The molecule has 2 aliphatic heterocycles. The van der Waals surface area contributed by atoms with Crippen LogP contribution >= 0.6 is 11.6 Å². The Balaban J connectivity index is 1.30. The zero-order valence-electron chi connectivity index (χ0n) is 17.1. The van der Waals surface area contributed by atoms with Crippen LogP contribution < -0.4 is 9.47 Å². The van der Waals surface area contributed by atoms with Crippen LogP contribution in [0.3, 0.4) is 0 Å². The van der Waals surface area contributed by atoms with E-state index in [1.54, 1.807) is 41.3 Å². The quantitative estimate of drug-likeness (QED) is 0.585. The first kappa shape index (κ1) is 21.1. The van der Waals surface area contributed by atoms with Gasteiger partial charge in [-0.3, -0.25) is 4.79 Å². The van der Waals surface area contributed by atoms with Crippen LogP contribution in [0.5, 0.6) is 11.5 Å². The lowest BCUT2D eigenvalue weighted by molar-refractivity contribution is -0.142. The number of ether oxygens (including phenoxy) is 2. The van der Waals surface area contributed by atoms with Gasteiger partial charge in [-0.1, -0.05) is 48.0 Å². The van der Waals surface area contributed by atoms with Crippen LogP contribution in [-0.2, 0) is 14.8 Å². The molecule has 1 amide bonds. The number of amides is 1. The van der Waals surface area contributed by atoms with E-state index in [9.17, 15) is 13.2 Å². The van der Waals surface area contributed by atoms with E-state index < -0.39 is 16.1 Å². The van der Waals surface area contributed by atoms with Gasteiger partial charge in [0.1, 0.15) is 6.61 Å². The summed E-state index contributed by atoms with van der Waals surface area (Å²) in [7, 11) is -3.77. The Bertz CT molecular complexity index is 1280.